The minimum absolute atomic E-state index is 0.159. The van der Waals surface area contributed by atoms with Gasteiger partial charge in [-0.05, 0) is 194 Å². The summed E-state index contributed by atoms with van der Waals surface area (Å²) in [6, 6.07) is 11.1. The number of carbonyl (C=O) groups is 4. The van der Waals surface area contributed by atoms with Gasteiger partial charge in [-0.15, -0.1) is 0 Å². The van der Waals surface area contributed by atoms with Gasteiger partial charge in [-0.3, -0.25) is 38.8 Å². The zero-order valence-corrected chi connectivity index (χ0v) is 56.3. The third kappa shape index (κ3) is 17.5. The Kier molecular flexibility index (Phi) is 17.2. The first kappa shape index (κ1) is 50.2. The predicted octanol–water partition coefficient (Wildman–Crippen LogP) is 8.38. The molecule has 1 unspecified atom stereocenters. The lowest BCUT2D eigenvalue weighted by molar-refractivity contribution is -0.143. The molecule has 4 saturated heterocycles. The van der Waals surface area contributed by atoms with Gasteiger partial charge in [-0.2, -0.15) is 0 Å². The highest BCUT2D eigenvalue weighted by molar-refractivity contribution is 5.70. The molecule has 24 nitrogen and oxygen atoms in total. The van der Waals surface area contributed by atoms with Gasteiger partial charge < -0.3 is 78.7 Å². The summed E-state index contributed by atoms with van der Waals surface area (Å²) in [6.45, 7) is 11.2. The Hall–Kier alpha value is -7.16. The molecule has 12 rings (SSSR count). The fourth-order valence-corrected chi connectivity index (χ4v) is 16.2. The van der Waals surface area contributed by atoms with Gasteiger partial charge in [0, 0.05) is 76.5 Å². The molecule has 4 aromatic carbocycles. The van der Waals surface area contributed by atoms with E-state index in [-0.39, 0.29) is 93.8 Å². The number of hydrogen-bond donors (Lipinski definition) is 8. The lowest BCUT2D eigenvalue weighted by Crippen LogP contribution is -2.48. The molecule has 4 fully saturated rings. The lowest BCUT2D eigenvalue weighted by atomic mass is 9.79. The van der Waals surface area contributed by atoms with Gasteiger partial charge in [0.2, 0.25) is 0 Å². The molecular weight excluding hydrogens is 1290 g/mol. The summed E-state index contributed by atoms with van der Waals surface area (Å²) < 4.78 is 217. The molecule has 552 valence electrons. The van der Waals surface area contributed by atoms with Crippen molar-refractivity contribution < 1.29 is 131 Å². The van der Waals surface area contributed by atoms with E-state index in [4.69, 9.17) is 70.8 Å². The van der Waals surface area contributed by atoms with Gasteiger partial charge in [0.15, 0.2) is 46.0 Å². The number of hydrogen-bond acceptors (Lipinski definition) is 20. The number of rotatable bonds is 20. The molecule has 0 bridgehead atoms. The maximum Gasteiger partial charge on any atom is 0.306 e. The molecule has 24 heteroatoms. The third-order valence-electron chi connectivity index (χ3n) is 21.8. The van der Waals surface area contributed by atoms with Crippen LogP contribution in [0.1, 0.15) is 181 Å². The van der Waals surface area contributed by atoms with Crippen molar-refractivity contribution in [2.24, 2.45) is 47.3 Å². The summed E-state index contributed by atoms with van der Waals surface area (Å²) in [7, 11) is -22.2. The Morgan fingerprint density at radius 3 is 0.700 bits per heavy atom. The second-order valence-corrected chi connectivity index (χ2v) is 28.0. The number of methoxy groups -OCH3 is 8. The SMILES string of the molecule is [2H]C([2H])([2H])Oc1cc2c(cc1OC([2H])([2H])[2H])[C@@H]1CC(O)[C@@H](C[C@H](C)C(=O)O)CN1CC2.[2H]C([2H])([2H])Oc1cc2c(cc1OC([2H])([2H])[2H])[C@@H]1C[C@@H](O)[C@@H](C[C@@H](C)C(=O)O)CN1CC2.[2H]C([2H])([2H])Oc1cc2c(cc1OC([2H])([2H])[2H])[C@H]1C[C@H](O)[C@H](C[C@@H](C)C(=O)O)CN1CC2.[2H]C([2H])([2H])Oc1cc2c(cc1OC([2H])([2H])[2H])[C@H]1C[C@H](O)[C@H](C[C@H](C)C(=O)O)CN1CC2. The van der Waals surface area contributed by atoms with Crippen molar-refractivity contribution in [1.82, 2.24) is 19.6 Å². The Balaban J connectivity index is 0.000000187. The molecule has 0 radical (unpaired) electrons. The highest BCUT2D eigenvalue weighted by atomic mass is 16.5. The van der Waals surface area contributed by atoms with E-state index < -0.39 is 128 Å². The van der Waals surface area contributed by atoms with Crippen LogP contribution in [0.3, 0.4) is 0 Å². The molecule has 100 heavy (non-hydrogen) atoms. The number of ether oxygens (including phenoxy) is 8. The standard InChI is InChI=1S/4C19H27NO5/c4*1-11(19(22)23)6-13-10-20-5-4-12-7-17(24-2)18(25-3)8-14(12)15(20)9-16(13)21/h4*7-8,11,13,15-16,21H,4-6,9-10H2,1-3H3,(H,22,23)/t2*11-,13+,15+,16-;11-,13-,15-,16?;11-,13-,15-,16+/m1001/s1/i4*2D3,3D3. The molecule has 0 saturated carbocycles. The predicted molar refractivity (Wildman–Crippen MR) is 372 cm³/mol. The molecule has 0 aromatic heterocycles. The average Bonchev–Trinajstić information content (AvgIpc) is 0.774. The maximum atomic E-state index is 11.2. The monoisotopic (exact) mass is 1420 g/mol. The van der Waals surface area contributed by atoms with Crippen molar-refractivity contribution in [2.45, 2.75) is 153 Å². The molecule has 0 spiro atoms. The van der Waals surface area contributed by atoms with E-state index in [2.05, 4.69) is 19.6 Å². The fourth-order valence-electron chi connectivity index (χ4n) is 16.2. The highest BCUT2D eigenvalue weighted by Crippen LogP contribution is 2.49. The van der Waals surface area contributed by atoms with E-state index in [1.165, 1.54) is 48.5 Å². The van der Waals surface area contributed by atoms with Crippen LogP contribution in [0.15, 0.2) is 48.5 Å². The summed E-state index contributed by atoms with van der Waals surface area (Å²) in [5.74, 6) is -7.95. The first-order valence-corrected chi connectivity index (χ1v) is 33.7. The molecule has 8 N–H and O–H groups in total. The normalized spacial score (nSPS) is 31.7. The topological polar surface area (TPSA) is 317 Å². The number of aliphatic hydroxyl groups excluding tert-OH is 4. The van der Waals surface area contributed by atoms with Crippen LogP contribution in [-0.4, -0.2) is 217 Å². The first-order chi connectivity index (χ1) is 56.9. The highest BCUT2D eigenvalue weighted by Gasteiger charge is 2.44. The Morgan fingerprint density at radius 1 is 0.350 bits per heavy atom. The van der Waals surface area contributed by atoms with Gasteiger partial charge in [0.1, 0.15) is 0 Å². The van der Waals surface area contributed by atoms with Crippen molar-refractivity contribution in [3.05, 3.63) is 93.0 Å². The number of aliphatic hydroxyl groups is 4. The van der Waals surface area contributed by atoms with Gasteiger partial charge in [0.25, 0.3) is 0 Å². The van der Waals surface area contributed by atoms with Crippen LogP contribution in [0, 0.1) is 47.3 Å². The van der Waals surface area contributed by atoms with Crippen LogP contribution in [-0.2, 0) is 44.9 Å². The molecule has 4 aromatic rings. The van der Waals surface area contributed by atoms with Crippen molar-refractivity contribution in [3.63, 3.8) is 0 Å². The summed E-state index contributed by atoms with van der Waals surface area (Å²) in [4.78, 5) is 53.4. The Bertz CT molecular complexity index is 3850. The molecule has 0 aliphatic carbocycles. The number of fused-ring (bicyclic) bond motifs is 12. The number of piperidine rings is 4. The van der Waals surface area contributed by atoms with Crippen LogP contribution in [0.4, 0.5) is 0 Å². The molecule has 8 aliphatic rings. The molecule has 8 heterocycles. The first-order valence-electron chi connectivity index (χ1n) is 45.7. The summed E-state index contributed by atoms with van der Waals surface area (Å²) in [5, 5.41) is 79.5. The zero-order chi connectivity index (χ0) is 92.5. The van der Waals surface area contributed by atoms with E-state index in [0.717, 1.165) is 44.5 Å². The largest absolute Gasteiger partial charge is 0.493 e. The second-order valence-electron chi connectivity index (χ2n) is 28.0. The van der Waals surface area contributed by atoms with E-state index in [0.29, 0.717) is 129 Å². The summed E-state index contributed by atoms with van der Waals surface area (Å²) in [6.07, 6.45) is 2.37. The van der Waals surface area contributed by atoms with Crippen LogP contribution in [0.5, 0.6) is 46.0 Å². The van der Waals surface area contributed by atoms with Gasteiger partial charge in [-0.1, -0.05) is 27.7 Å². The number of benzene rings is 4. The van der Waals surface area contributed by atoms with Crippen LogP contribution >= 0.6 is 0 Å². The van der Waals surface area contributed by atoms with E-state index in [9.17, 15) is 60.0 Å². The second kappa shape index (κ2) is 34.2. The minimum atomic E-state index is -2.79. The Morgan fingerprint density at radius 2 is 0.530 bits per heavy atom. The smallest absolute Gasteiger partial charge is 0.306 e. The quantitative estimate of drug-likeness (QED) is 0.0412. The minimum Gasteiger partial charge on any atom is -0.493 e. The van der Waals surface area contributed by atoms with Crippen LogP contribution < -0.4 is 37.9 Å². The fraction of sp³-hybridized carbons (Fsp3) is 0.632. The van der Waals surface area contributed by atoms with Gasteiger partial charge in [-0.25, -0.2) is 0 Å². The number of carboxylic acids is 4. The summed E-state index contributed by atoms with van der Waals surface area (Å²) >= 11 is 0. The molecule has 8 aliphatic heterocycles. The molecular formula is C76H108N4O20. The average molecular weight is 1420 g/mol. The van der Waals surface area contributed by atoms with Gasteiger partial charge >= 0.3 is 23.9 Å². The van der Waals surface area contributed by atoms with Crippen LogP contribution in [0.25, 0.3) is 0 Å². The Labute approximate surface area is 621 Å². The maximum absolute atomic E-state index is 11.2. The van der Waals surface area contributed by atoms with Crippen LogP contribution in [0.2, 0.25) is 0 Å². The van der Waals surface area contributed by atoms with E-state index >= 15 is 0 Å². The van der Waals surface area contributed by atoms with Crippen molar-refractivity contribution in [1.29, 1.82) is 0 Å². The van der Waals surface area contributed by atoms with Gasteiger partial charge in [0.05, 0.1) is 137 Å². The molecule has 16 atom stereocenters. The number of carboxylic acid groups (broad SMARTS) is 4. The third-order valence-corrected chi connectivity index (χ3v) is 21.8. The summed E-state index contributed by atoms with van der Waals surface area (Å²) in [5.41, 5.74) is 6.26. The van der Waals surface area contributed by atoms with E-state index in [1.54, 1.807) is 27.7 Å². The van der Waals surface area contributed by atoms with Crippen molar-refractivity contribution >= 4 is 23.9 Å². The number of nitrogens with zero attached hydrogens (tertiary/aromatic N) is 4. The van der Waals surface area contributed by atoms with Crippen molar-refractivity contribution in [3.8, 4) is 46.0 Å². The lowest BCUT2D eigenvalue weighted by Gasteiger charge is -2.46. The molecule has 0 amide bonds. The number of aliphatic carboxylic acids is 4. The van der Waals surface area contributed by atoms with Crippen molar-refractivity contribution in [2.75, 3.05) is 109 Å². The van der Waals surface area contributed by atoms with E-state index in [1.807, 2.05) is 0 Å². The zero-order valence-electron chi connectivity index (χ0n) is 80.3.